The molecule has 13 nitrogen and oxygen atoms in total. The van der Waals surface area contributed by atoms with Crippen LogP contribution in [0.15, 0.2) is 42.5 Å². The Balaban J connectivity index is 0.779. The second-order valence-electron chi connectivity index (χ2n) is 16.5. The van der Waals surface area contributed by atoms with Crippen molar-refractivity contribution in [3.05, 3.63) is 70.4 Å². The molecule has 56 heavy (non-hydrogen) atoms. The molecular weight excluding hydrogens is 722 g/mol. The number of imide groups is 2. The van der Waals surface area contributed by atoms with Crippen LogP contribution in [0.5, 0.6) is 0 Å². The Morgan fingerprint density at radius 1 is 1.04 bits per heavy atom. The van der Waals surface area contributed by atoms with E-state index in [1.165, 1.54) is 4.90 Å². The van der Waals surface area contributed by atoms with Crippen molar-refractivity contribution in [2.45, 2.75) is 57.9 Å². The van der Waals surface area contributed by atoms with Gasteiger partial charge in [0.25, 0.3) is 23.6 Å². The summed E-state index contributed by atoms with van der Waals surface area (Å²) in [4.78, 5) is 73.5. The lowest BCUT2D eigenvalue weighted by Crippen LogP contribution is -2.50. The highest BCUT2D eigenvalue weighted by atomic mass is 19.3. The first-order chi connectivity index (χ1) is 26.9. The van der Waals surface area contributed by atoms with E-state index in [0.717, 1.165) is 72.7 Å². The fourth-order valence-electron chi connectivity index (χ4n) is 9.57. The third-order valence-electron chi connectivity index (χ3n) is 13.1. The van der Waals surface area contributed by atoms with E-state index in [1.54, 1.807) is 26.0 Å². The standard InChI is InChI=1S/C41H44F2N8O5/c1-23(3-8-35(53)44-22-52)51-38(55)28-6-5-27(17-29(28)39(51)56)50-10-9-24(21-50)20-48-11-13-49(14-12-48)37(54)25-4-7-31-26(15-25)16-32(45-31)36-30-18-34-40(2,41(34,42)43)19-33(30)46-47-36/h4-7,15-17,22-24,34,45H,3,8-14,18-21H2,1-2H3,(H,46,47)(H,44,52,53). The fourth-order valence-corrected chi connectivity index (χ4v) is 9.57. The van der Waals surface area contributed by atoms with Gasteiger partial charge in [-0.3, -0.25) is 44.2 Å². The van der Waals surface area contributed by atoms with Crippen molar-refractivity contribution in [3.8, 4) is 11.4 Å². The highest BCUT2D eigenvalue weighted by Crippen LogP contribution is 2.70. The second-order valence-corrected chi connectivity index (χ2v) is 16.5. The number of fused-ring (bicyclic) bond motifs is 4. The fraction of sp³-hybridized carbons (Fsp3) is 0.463. The molecule has 4 atom stereocenters. The lowest BCUT2D eigenvalue weighted by Gasteiger charge is -2.36. The molecule has 5 amide bonds. The minimum absolute atomic E-state index is 0.0188. The summed E-state index contributed by atoms with van der Waals surface area (Å²) in [6, 6.07) is 12.5. The Morgan fingerprint density at radius 2 is 1.82 bits per heavy atom. The van der Waals surface area contributed by atoms with Gasteiger partial charge in [-0.2, -0.15) is 5.10 Å². The molecule has 2 aliphatic carbocycles. The van der Waals surface area contributed by atoms with Crippen LogP contribution in [-0.4, -0.2) is 118 Å². The molecule has 0 bridgehead atoms. The SMILES string of the molecule is CC(CCC(=O)NC=O)N1C(=O)c2ccc(N3CCC(CN4CCN(C(=O)c5ccc6[nH]c(-c7n[nH]c8c7CC7C(F)(F)C7(C)C8)cc6c5)CC4)C3)cc2C1=O. The molecule has 9 rings (SSSR count). The molecule has 3 aliphatic heterocycles. The number of hydrogen-bond donors (Lipinski definition) is 3. The van der Waals surface area contributed by atoms with Crippen molar-refractivity contribution in [1.29, 1.82) is 0 Å². The molecular formula is C41H44F2N8O5. The summed E-state index contributed by atoms with van der Waals surface area (Å²) < 4.78 is 29.0. The largest absolute Gasteiger partial charge is 0.371 e. The van der Waals surface area contributed by atoms with Crippen LogP contribution in [-0.2, 0) is 22.4 Å². The molecule has 4 aromatic rings. The Labute approximate surface area is 321 Å². The average Bonchev–Trinajstić information content (AvgIpc) is 3.85. The van der Waals surface area contributed by atoms with Gasteiger partial charge in [0.1, 0.15) is 5.69 Å². The summed E-state index contributed by atoms with van der Waals surface area (Å²) in [7, 11) is 0. The molecule has 3 N–H and O–H groups in total. The third kappa shape index (κ3) is 5.89. The van der Waals surface area contributed by atoms with Gasteiger partial charge in [0, 0.05) is 109 Å². The number of amides is 5. The molecule has 0 radical (unpaired) electrons. The van der Waals surface area contributed by atoms with Crippen LogP contribution in [0, 0.1) is 17.3 Å². The molecule has 5 heterocycles. The van der Waals surface area contributed by atoms with Crippen LogP contribution in [0.25, 0.3) is 22.3 Å². The molecule has 3 fully saturated rings. The summed E-state index contributed by atoms with van der Waals surface area (Å²) in [6.45, 7) is 8.70. The van der Waals surface area contributed by atoms with E-state index in [-0.39, 0.29) is 37.0 Å². The van der Waals surface area contributed by atoms with Crippen LogP contribution in [0.4, 0.5) is 14.5 Å². The number of halogens is 2. The summed E-state index contributed by atoms with van der Waals surface area (Å²) in [5.41, 5.74) is 5.15. The maximum absolute atomic E-state index is 14.5. The van der Waals surface area contributed by atoms with Crippen LogP contribution in [0.1, 0.15) is 75.4 Å². The number of piperazine rings is 1. The summed E-state index contributed by atoms with van der Waals surface area (Å²) in [5.74, 6) is -4.12. The number of nitrogens with one attached hydrogen (secondary N) is 3. The average molecular weight is 767 g/mol. The number of rotatable bonds is 10. The molecule has 4 unspecified atom stereocenters. The van der Waals surface area contributed by atoms with E-state index in [0.29, 0.717) is 54.2 Å². The van der Waals surface area contributed by atoms with Crippen molar-refractivity contribution >= 4 is 46.6 Å². The van der Waals surface area contributed by atoms with Gasteiger partial charge in [-0.05, 0) is 74.6 Å². The number of hydrogen-bond acceptors (Lipinski definition) is 8. The zero-order valence-corrected chi connectivity index (χ0v) is 31.4. The minimum atomic E-state index is -2.66. The molecule has 15 heteroatoms. The molecule has 5 aliphatic rings. The van der Waals surface area contributed by atoms with Crippen LogP contribution < -0.4 is 10.2 Å². The minimum Gasteiger partial charge on any atom is -0.371 e. The summed E-state index contributed by atoms with van der Waals surface area (Å²) >= 11 is 0. The van der Waals surface area contributed by atoms with Gasteiger partial charge < -0.3 is 14.8 Å². The van der Waals surface area contributed by atoms with Crippen molar-refractivity contribution in [3.63, 3.8) is 0 Å². The van der Waals surface area contributed by atoms with Gasteiger partial charge in [-0.25, -0.2) is 8.78 Å². The van der Waals surface area contributed by atoms with E-state index in [1.807, 2.05) is 35.2 Å². The van der Waals surface area contributed by atoms with E-state index < -0.39 is 29.2 Å². The summed E-state index contributed by atoms with van der Waals surface area (Å²) in [5, 5.41) is 10.5. The first-order valence-corrected chi connectivity index (χ1v) is 19.4. The van der Waals surface area contributed by atoms with Crippen LogP contribution >= 0.6 is 0 Å². The second kappa shape index (κ2) is 13.4. The number of carbonyl (C=O) groups is 5. The third-order valence-corrected chi connectivity index (χ3v) is 13.1. The lowest BCUT2D eigenvalue weighted by atomic mass is 9.87. The van der Waals surface area contributed by atoms with Gasteiger partial charge in [-0.1, -0.05) is 6.92 Å². The highest BCUT2D eigenvalue weighted by molar-refractivity contribution is 6.22. The Morgan fingerprint density at radius 3 is 2.61 bits per heavy atom. The molecule has 292 valence electrons. The zero-order chi connectivity index (χ0) is 39.1. The molecule has 2 aromatic carbocycles. The molecule has 0 spiro atoms. The van der Waals surface area contributed by atoms with Gasteiger partial charge in [0.2, 0.25) is 12.3 Å². The van der Waals surface area contributed by atoms with Crippen molar-refractivity contribution < 1.29 is 32.8 Å². The Bertz CT molecular complexity index is 2300. The van der Waals surface area contributed by atoms with Crippen molar-refractivity contribution in [1.82, 2.24) is 35.2 Å². The maximum atomic E-state index is 14.5. The first-order valence-electron chi connectivity index (χ1n) is 19.4. The first kappa shape index (κ1) is 36.2. The molecule has 2 saturated heterocycles. The van der Waals surface area contributed by atoms with Crippen LogP contribution in [0.2, 0.25) is 0 Å². The normalized spacial score (nSPS) is 24.6. The number of benzene rings is 2. The maximum Gasteiger partial charge on any atom is 0.261 e. The van der Waals surface area contributed by atoms with Gasteiger partial charge >= 0.3 is 0 Å². The topological polar surface area (TPSA) is 155 Å². The van der Waals surface area contributed by atoms with E-state index in [9.17, 15) is 32.8 Å². The van der Waals surface area contributed by atoms with Crippen LogP contribution in [0.3, 0.4) is 0 Å². The van der Waals surface area contributed by atoms with Gasteiger partial charge in [-0.15, -0.1) is 0 Å². The number of aromatic nitrogens is 3. The Kier molecular flexibility index (Phi) is 8.63. The Hall–Kier alpha value is -5.44. The number of aromatic amines is 2. The predicted molar refractivity (Wildman–Crippen MR) is 202 cm³/mol. The molecule has 2 aromatic heterocycles. The number of H-pyrrole nitrogens is 2. The quantitative estimate of drug-likeness (QED) is 0.160. The number of alkyl halides is 2. The zero-order valence-electron chi connectivity index (χ0n) is 31.4. The van der Waals surface area contributed by atoms with Crippen molar-refractivity contribution in [2.24, 2.45) is 17.3 Å². The lowest BCUT2D eigenvalue weighted by molar-refractivity contribution is -0.125. The smallest absolute Gasteiger partial charge is 0.261 e. The number of anilines is 1. The van der Waals surface area contributed by atoms with Gasteiger partial charge in [0.15, 0.2) is 0 Å². The highest BCUT2D eigenvalue weighted by Gasteiger charge is 2.78. The molecule has 1 saturated carbocycles. The van der Waals surface area contributed by atoms with E-state index >= 15 is 0 Å². The summed E-state index contributed by atoms with van der Waals surface area (Å²) in [6.07, 6.45) is 2.17. The number of carbonyl (C=O) groups excluding carboxylic acids is 5. The van der Waals surface area contributed by atoms with E-state index in [2.05, 4.69) is 30.3 Å². The van der Waals surface area contributed by atoms with Crippen molar-refractivity contribution in [2.75, 3.05) is 50.7 Å². The predicted octanol–water partition coefficient (Wildman–Crippen LogP) is 4.25. The van der Waals surface area contributed by atoms with Gasteiger partial charge in [0.05, 0.1) is 16.8 Å². The number of nitrogens with zero attached hydrogens (tertiary/aromatic N) is 5. The van der Waals surface area contributed by atoms with E-state index in [4.69, 9.17) is 0 Å². The monoisotopic (exact) mass is 766 g/mol.